The number of nitrogens with one attached hydrogen (secondary N) is 1. The van der Waals surface area contributed by atoms with Gasteiger partial charge < -0.3 is 4.74 Å². The number of ether oxygens (including phenoxy) is 1. The molecule has 0 bridgehead atoms. The number of halogens is 1. The molecule has 0 aliphatic rings. The number of hydrogen-bond acceptors (Lipinski definition) is 3. The van der Waals surface area contributed by atoms with Gasteiger partial charge in [-0.1, -0.05) is 36.4 Å². The van der Waals surface area contributed by atoms with Crippen LogP contribution in [0.4, 0.5) is 4.39 Å². The number of benzene rings is 1. The van der Waals surface area contributed by atoms with Crippen LogP contribution in [0.25, 0.3) is 0 Å². The molecule has 0 radical (unpaired) electrons. The minimum atomic E-state index is -0.945. The van der Waals surface area contributed by atoms with E-state index in [1.165, 1.54) is 4.57 Å². The minimum Gasteiger partial charge on any atom is -0.357 e. The Hall–Kier alpha value is -2.47. The number of rotatable bonds is 7. The van der Waals surface area contributed by atoms with Crippen LogP contribution in [-0.4, -0.2) is 16.2 Å². The molecule has 0 spiro atoms. The van der Waals surface area contributed by atoms with Crippen LogP contribution in [-0.2, 0) is 24.6 Å². The molecule has 0 unspecified atom stereocenters. The molecule has 2 aromatic rings. The smallest absolute Gasteiger partial charge is 0.330 e. The van der Waals surface area contributed by atoms with E-state index in [0.717, 1.165) is 5.56 Å². The summed E-state index contributed by atoms with van der Waals surface area (Å²) in [6, 6.07) is 9.24. The summed E-state index contributed by atoms with van der Waals surface area (Å²) < 4.78 is 19.8. The van der Waals surface area contributed by atoms with Crippen molar-refractivity contribution in [1.82, 2.24) is 9.55 Å². The van der Waals surface area contributed by atoms with Gasteiger partial charge in [0.1, 0.15) is 13.4 Å². The molecule has 0 saturated heterocycles. The summed E-state index contributed by atoms with van der Waals surface area (Å²) in [5, 5.41) is 0. The maximum Gasteiger partial charge on any atom is 0.330 e. The van der Waals surface area contributed by atoms with Gasteiger partial charge in [-0.05, 0) is 5.56 Å². The highest BCUT2D eigenvalue weighted by Gasteiger charge is 2.15. The first kappa shape index (κ1) is 15.9. The number of alkyl halides is 1. The van der Waals surface area contributed by atoms with Crippen LogP contribution in [0.1, 0.15) is 16.8 Å². The van der Waals surface area contributed by atoms with Gasteiger partial charge in [0.2, 0.25) is 0 Å². The summed E-state index contributed by atoms with van der Waals surface area (Å²) in [6.07, 6.45) is 1.82. The molecular weight excluding hydrogens is 287 g/mol. The van der Waals surface area contributed by atoms with Crippen LogP contribution in [0.3, 0.4) is 0 Å². The Morgan fingerprint density at radius 1 is 1.27 bits per heavy atom. The van der Waals surface area contributed by atoms with Gasteiger partial charge in [0.05, 0.1) is 12.2 Å². The highest BCUT2D eigenvalue weighted by atomic mass is 19.1. The third-order valence-corrected chi connectivity index (χ3v) is 3.22. The molecule has 6 heteroatoms. The number of aromatic amines is 1. The van der Waals surface area contributed by atoms with E-state index in [1.807, 2.05) is 30.3 Å². The fraction of sp³-hybridized carbons (Fsp3) is 0.250. The van der Waals surface area contributed by atoms with Crippen LogP contribution in [0, 0.1) is 0 Å². The van der Waals surface area contributed by atoms with E-state index in [0.29, 0.717) is 5.69 Å². The van der Waals surface area contributed by atoms with Crippen molar-refractivity contribution in [1.29, 1.82) is 0 Å². The van der Waals surface area contributed by atoms with Gasteiger partial charge in [0.15, 0.2) is 0 Å². The molecule has 5 nitrogen and oxygen atoms in total. The number of hydrogen-bond donors (Lipinski definition) is 1. The number of H-pyrrole nitrogens is 1. The van der Waals surface area contributed by atoms with Crippen molar-refractivity contribution in [2.75, 3.05) is 6.61 Å². The zero-order chi connectivity index (χ0) is 15.9. The quantitative estimate of drug-likeness (QED) is 0.626. The van der Waals surface area contributed by atoms with Crippen molar-refractivity contribution >= 4 is 0 Å². The third-order valence-electron chi connectivity index (χ3n) is 3.22. The predicted molar refractivity (Wildman–Crippen MR) is 81.5 cm³/mol. The van der Waals surface area contributed by atoms with E-state index >= 15 is 0 Å². The average Bonchev–Trinajstić information content (AvgIpc) is 2.51. The van der Waals surface area contributed by atoms with Gasteiger partial charge in [-0.2, -0.15) is 0 Å². The van der Waals surface area contributed by atoms with Gasteiger partial charge in [-0.15, -0.1) is 6.58 Å². The van der Waals surface area contributed by atoms with Crippen LogP contribution in [0.15, 0.2) is 52.6 Å². The van der Waals surface area contributed by atoms with Gasteiger partial charge in [0.25, 0.3) is 5.56 Å². The maximum absolute atomic E-state index is 13.3. The van der Waals surface area contributed by atoms with Gasteiger partial charge in [-0.25, -0.2) is 9.18 Å². The molecule has 0 fully saturated rings. The lowest BCUT2D eigenvalue weighted by molar-refractivity contribution is 0.0941. The van der Waals surface area contributed by atoms with Crippen LogP contribution < -0.4 is 11.2 Å². The SMILES string of the molecule is C=CCOCn1c(Cc2ccccc2)c(CF)c(=O)[nH]c1=O. The predicted octanol–water partition coefficient (Wildman–Crippen LogP) is 1.76. The van der Waals surface area contributed by atoms with Crippen molar-refractivity contribution in [3.63, 3.8) is 0 Å². The number of nitrogens with zero attached hydrogens (tertiary/aromatic N) is 1. The van der Waals surface area contributed by atoms with E-state index in [9.17, 15) is 14.0 Å². The molecule has 0 amide bonds. The van der Waals surface area contributed by atoms with Crippen molar-refractivity contribution in [2.24, 2.45) is 0 Å². The molecule has 1 aromatic heterocycles. The van der Waals surface area contributed by atoms with E-state index in [2.05, 4.69) is 11.6 Å². The van der Waals surface area contributed by atoms with Gasteiger partial charge in [-0.3, -0.25) is 14.3 Å². The summed E-state index contributed by atoms with van der Waals surface area (Å²) >= 11 is 0. The summed E-state index contributed by atoms with van der Waals surface area (Å²) in [7, 11) is 0. The third kappa shape index (κ3) is 3.59. The van der Waals surface area contributed by atoms with Crippen LogP contribution in [0.2, 0.25) is 0 Å². The Bertz CT molecular complexity index is 750. The van der Waals surface area contributed by atoms with Crippen molar-refractivity contribution < 1.29 is 9.13 Å². The lowest BCUT2D eigenvalue weighted by Gasteiger charge is -2.15. The summed E-state index contributed by atoms with van der Waals surface area (Å²) in [5.41, 5.74) is -0.160. The Labute approximate surface area is 126 Å². The first-order valence-corrected chi connectivity index (χ1v) is 6.80. The normalized spacial score (nSPS) is 10.6. The lowest BCUT2D eigenvalue weighted by atomic mass is 10.1. The monoisotopic (exact) mass is 304 g/mol. The first-order valence-electron chi connectivity index (χ1n) is 6.80. The van der Waals surface area contributed by atoms with E-state index < -0.39 is 17.9 Å². The summed E-state index contributed by atoms with van der Waals surface area (Å²) in [6.45, 7) is 2.76. The molecule has 22 heavy (non-hydrogen) atoms. The van der Waals surface area contributed by atoms with E-state index in [4.69, 9.17) is 4.74 Å². The van der Waals surface area contributed by atoms with Crippen molar-refractivity contribution in [2.45, 2.75) is 19.8 Å². The van der Waals surface area contributed by atoms with Crippen LogP contribution in [0.5, 0.6) is 0 Å². The Morgan fingerprint density at radius 2 is 2.00 bits per heavy atom. The molecular formula is C16H17FN2O3. The van der Waals surface area contributed by atoms with Gasteiger partial charge >= 0.3 is 5.69 Å². The van der Waals surface area contributed by atoms with Gasteiger partial charge in [0, 0.05) is 12.1 Å². The standard InChI is InChI=1S/C16H17FN2O3/c1-2-8-22-11-19-14(9-12-6-4-3-5-7-12)13(10-17)15(20)18-16(19)21/h2-7H,1,8-11H2,(H,18,20,21). The molecule has 2 rings (SSSR count). The molecule has 0 aliphatic heterocycles. The van der Waals surface area contributed by atoms with Crippen molar-refractivity contribution in [3.05, 3.63) is 80.6 Å². The molecule has 1 N–H and O–H groups in total. The fourth-order valence-electron chi connectivity index (χ4n) is 2.15. The Balaban J connectivity index is 2.48. The summed E-state index contributed by atoms with van der Waals surface area (Å²) in [5.74, 6) is 0. The second-order valence-corrected chi connectivity index (χ2v) is 4.70. The number of aromatic nitrogens is 2. The molecule has 1 aromatic carbocycles. The zero-order valence-electron chi connectivity index (χ0n) is 12.0. The first-order chi connectivity index (χ1) is 10.7. The minimum absolute atomic E-state index is 0.0503. The largest absolute Gasteiger partial charge is 0.357 e. The molecule has 116 valence electrons. The Morgan fingerprint density at radius 3 is 2.64 bits per heavy atom. The lowest BCUT2D eigenvalue weighted by Crippen LogP contribution is -2.36. The Kier molecular flexibility index (Phi) is 5.43. The maximum atomic E-state index is 13.3. The molecule has 0 atom stereocenters. The topological polar surface area (TPSA) is 64.1 Å². The van der Waals surface area contributed by atoms with E-state index in [1.54, 1.807) is 6.08 Å². The zero-order valence-corrected chi connectivity index (χ0v) is 12.0. The van der Waals surface area contributed by atoms with Crippen LogP contribution >= 0.6 is 0 Å². The molecule has 1 heterocycles. The van der Waals surface area contributed by atoms with Crippen molar-refractivity contribution in [3.8, 4) is 0 Å². The molecule has 0 saturated carbocycles. The fourth-order valence-corrected chi connectivity index (χ4v) is 2.15. The summed E-state index contributed by atoms with van der Waals surface area (Å²) in [4.78, 5) is 25.9. The second-order valence-electron chi connectivity index (χ2n) is 4.70. The second kappa shape index (κ2) is 7.51. The average molecular weight is 304 g/mol. The highest BCUT2D eigenvalue weighted by Crippen LogP contribution is 2.11. The highest BCUT2D eigenvalue weighted by molar-refractivity contribution is 5.26. The van der Waals surface area contributed by atoms with E-state index in [-0.39, 0.29) is 25.3 Å². The molecule has 0 aliphatic carbocycles.